The van der Waals surface area contributed by atoms with Crippen molar-refractivity contribution in [2.75, 3.05) is 11.4 Å². The lowest BCUT2D eigenvalue weighted by Crippen LogP contribution is -2.49. The van der Waals surface area contributed by atoms with Gasteiger partial charge in [0.05, 0.1) is 5.92 Å². The third-order valence-corrected chi connectivity index (χ3v) is 3.64. The molecule has 0 saturated heterocycles. The summed E-state index contributed by atoms with van der Waals surface area (Å²) in [5, 5.41) is 12.1. The number of benzene rings is 1. The van der Waals surface area contributed by atoms with E-state index in [9.17, 15) is 14.7 Å². The number of para-hydroxylation sites is 1. The predicted molar refractivity (Wildman–Crippen MR) is 81.4 cm³/mol. The Balaban J connectivity index is 2.22. The summed E-state index contributed by atoms with van der Waals surface area (Å²) in [4.78, 5) is 25.2. The molecular weight excluding hydrogens is 268 g/mol. The number of urea groups is 1. The predicted octanol–water partition coefficient (Wildman–Crippen LogP) is 2.42. The molecule has 0 bridgehead atoms. The number of anilines is 1. The summed E-state index contributed by atoms with van der Waals surface area (Å²) >= 11 is 0. The van der Waals surface area contributed by atoms with Crippen LogP contribution in [-0.2, 0) is 11.2 Å². The van der Waals surface area contributed by atoms with Crippen LogP contribution in [-0.4, -0.2) is 29.7 Å². The number of amides is 2. The van der Waals surface area contributed by atoms with Gasteiger partial charge in [-0.15, -0.1) is 6.58 Å². The minimum absolute atomic E-state index is 0.0348. The summed E-state index contributed by atoms with van der Waals surface area (Å²) in [5.41, 5.74) is 1.68. The summed E-state index contributed by atoms with van der Waals surface area (Å²) in [6.07, 6.45) is 2.87. The van der Waals surface area contributed by atoms with Crippen LogP contribution in [0.1, 0.15) is 18.9 Å². The summed E-state index contributed by atoms with van der Waals surface area (Å²) in [6, 6.07) is 7.14. The molecule has 2 unspecified atom stereocenters. The van der Waals surface area contributed by atoms with Crippen molar-refractivity contribution in [3.63, 3.8) is 0 Å². The fourth-order valence-corrected chi connectivity index (χ4v) is 2.55. The van der Waals surface area contributed by atoms with E-state index in [-0.39, 0.29) is 18.6 Å². The smallest absolute Gasteiger partial charge is 0.322 e. The van der Waals surface area contributed by atoms with Gasteiger partial charge in [-0.1, -0.05) is 24.3 Å². The van der Waals surface area contributed by atoms with Gasteiger partial charge in [0, 0.05) is 18.3 Å². The Kier molecular flexibility index (Phi) is 4.62. The minimum atomic E-state index is -0.874. The monoisotopic (exact) mass is 288 g/mol. The zero-order chi connectivity index (χ0) is 15.4. The molecule has 1 heterocycles. The van der Waals surface area contributed by atoms with Gasteiger partial charge in [0.2, 0.25) is 0 Å². The summed E-state index contributed by atoms with van der Waals surface area (Å²) in [7, 11) is 0. The average Bonchev–Trinajstić information content (AvgIpc) is 2.46. The SMILES string of the molecule is C=CCC(C)NC(=O)N1CC(C(=O)O)Cc2ccccc21. The molecule has 0 aliphatic carbocycles. The van der Waals surface area contributed by atoms with Crippen molar-refractivity contribution in [3.8, 4) is 0 Å². The van der Waals surface area contributed by atoms with Gasteiger partial charge < -0.3 is 10.4 Å². The highest BCUT2D eigenvalue weighted by Crippen LogP contribution is 2.29. The first-order valence-corrected chi connectivity index (χ1v) is 7.02. The number of carboxylic acids is 1. The van der Waals surface area contributed by atoms with Crippen LogP contribution < -0.4 is 10.2 Å². The molecule has 2 N–H and O–H groups in total. The number of hydrogen-bond acceptors (Lipinski definition) is 2. The average molecular weight is 288 g/mol. The van der Waals surface area contributed by atoms with Gasteiger partial charge in [-0.2, -0.15) is 0 Å². The molecule has 21 heavy (non-hydrogen) atoms. The Bertz CT molecular complexity index is 556. The standard InChI is InChI=1S/C16H20N2O3/c1-3-6-11(2)17-16(21)18-10-13(15(19)20)9-12-7-4-5-8-14(12)18/h3-5,7-8,11,13H,1,6,9-10H2,2H3,(H,17,21)(H,19,20). The van der Waals surface area contributed by atoms with E-state index in [1.54, 1.807) is 6.08 Å². The van der Waals surface area contributed by atoms with Crippen molar-refractivity contribution in [3.05, 3.63) is 42.5 Å². The maximum absolute atomic E-state index is 12.4. The highest BCUT2D eigenvalue weighted by atomic mass is 16.4. The second kappa shape index (κ2) is 6.43. The molecule has 5 heteroatoms. The molecule has 0 spiro atoms. The number of aliphatic carboxylic acids is 1. The second-order valence-electron chi connectivity index (χ2n) is 5.35. The van der Waals surface area contributed by atoms with Crippen molar-refractivity contribution in [1.82, 2.24) is 5.32 Å². The van der Waals surface area contributed by atoms with Gasteiger partial charge in [-0.25, -0.2) is 4.79 Å². The van der Waals surface area contributed by atoms with Gasteiger partial charge >= 0.3 is 12.0 Å². The van der Waals surface area contributed by atoms with E-state index < -0.39 is 11.9 Å². The van der Waals surface area contributed by atoms with E-state index in [2.05, 4.69) is 11.9 Å². The molecule has 1 aliphatic heterocycles. The zero-order valence-corrected chi connectivity index (χ0v) is 12.1. The highest BCUT2D eigenvalue weighted by molar-refractivity contribution is 5.94. The number of nitrogens with one attached hydrogen (secondary N) is 1. The molecule has 0 radical (unpaired) electrons. The van der Waals surface area contributed by atoms with E-state index in [0.717, 1.165) is 11.3 Å². The van der Waals surface area contributed by atoms with Crippen LogP contribution in [0.3, 0.4) is 0 Å². The van der Waals surface area contributed by atoms with Crippen molar-refractivity contribution >= 4 is 17.7 Å². The van der Waals surface area contributed by atoms with E-state index in [1.165, 1.54) is 4.90 Å². The Labute approximate surface area is 124 Å². The van der Waals surface area contributed by atoms with Crippen molar-refractivity contribution < 1.29 is 14.7 Å². The van der Waals surface area contributed by atoms with E-state index in [0.29, 0.717) is 12.8 Å². The van der Waals surface area contributed by atoms with Crippen LogP contribution >= 0.6 is 0 Å². The van der Waals surface area contributed by atoms with Gasteiger partial charge in [0.1, 0.15) is 0 Å². The van der Waals surface area contributed by atoms with Crippen molar-refractivity contribution in [2.24, 2.45) is 5.92 Å². The molecule has 1 aliphatic rings. The molecule has 2 rings (SSSR count). The normalized spacial score (nSPS) is 18.5. The van der Waals surface area contributed by atoms with Gasteiger partial charge in [0.25, 0.3) is 0 Å². The first kappa shape index (κ1) is 15.1. The summed E-state index contributed by atoms with van der Waals surface area (Å²) in [6.45, 7) is 5.74. The van der Waals surface area contributed by atoms with E-state index >= 15 is 0 Å². The topological polar surface area (TPSA) is 69.6 Å². The van der Waals surface area contributed by atoms with Crippen LogP contribution in [0.4, 0.5) is 10.5 Å². The summed E-state index contributed by atoms with van der Waals surface area (Å²) in [5.74, 6) is -1.44. The Morgan fingerprint density at radius 3 is 2.90 bits per heavy atom. The molecule has 2 atom stereocenters. The fourth-order valence-electron chi connectivity index (χ4n) is 2.55. The molecule has 0 aromatic heterocycles. The highest BCUT2D eigenvalue weighted by Gasteiger charge is 2.32. The van der Waals surface area contributed by atoms with E-state index in [4.69, 9.17) is 0 Å². The number of carbonyl (C=O) groups is 2. The van der Waals surface area contributed by atoms with Crippen LogP contribution in [0, 0.1) is 5.92 Å². The number of carbonyl (C=O) groups excluding carboxylic acids is 1. The Morgan fingerprint density at radius 1 is 1.52 bits per heavy atom. The molecule has 112 valence electrons. The molecule has 0 fully saturated rings. The second-order valence-corrected chi connectivity index (χ2v) is 5.35. The quantitative estimate of drug-likeness (QED) is 0.836. The number of hydrogen-bond donors (Lipinski definition) is 2. The van der Waals surface area contributed by atoms with Crippen LogP contribution in [0.2, 0.25) is 0 Å². The molecule has 5 nitrogen and oxygen atoms in total. The van der Waals surface area contributed by atoms with Crippen molar-refractivity contribution in [2.45, 2.75) is 25.8 Å². The maximum Gasteiger partial charge on any atom is 0.322 e. The third kappa shape index (κ3) is 3.42. The minimum Gasteiger partial charge on any atom is -0.481 e. The van der Waals surface area contributed by atoms with Crippen LogP contribution in [0.5, 0.6) is 0 Å². The number of nitrogens with zero attached hydrogens (tertiary/aromatic N) is 1. The molecule has 0 saturated carbocycles. The van der Waals surface area contributed by atoms with E-state index in [1.807, 2.05) is 31.2 Å². The van der Waals surface area contributed by atoms with Crippen LogP contribution in [0.25, 0.3) is 0 Å². The largest absolute Gasteiger partial charge is 0.481 e. The Morgan fingerprint density at radius 2 is 2.24 bits per heavy atom. The van der Waals surface area contributed by atoms with Gasteiger partial charge in [-0.3, -0.25) is 9.69 Å². The van der Waals surface area contributed by atoms with Gasteiger partial charge in [0.15, 0.2) is 0 Å². The number of fused-ring (bicyclic) bond motifs is 1. The summed E-state index contributed by atoms with van der Waals surface area (Å²) < 4.78 is 0. The first-order chi connectivity index (χ1) is 10.0. The lowest BCUT2D eigenvalue weighted by molar-refractivity contribution is -0.141. The lowest BCUT2D eigenvalue weighted by atomic mass is 9.93. The number of carboxylic acid groups (broad SMARTS) is 1. The van der Waals surface area contributed by atoms with Gasteiger partial charge in [-0.05, 0) is 31.4 Å². The van der Waals surface area contributed by atoms with Crippen molar-refractivity contribution in [1.29, 1.82) is 0 Å². The first-order valence-electron chi connectivity index (χ1n) is 7.02. The zero-order valence-electron chi connectivity index (χ0n) is 12.1. The lowest BCUT2D eigenvalue weighted by Gasteiger charge is -2.33. The Hall–Kier alpha value is -2.30. The third-order valence-electron chi connectivity index (χ3n) is 3.64. The molecule has 2 amide bonds. The van der Waals surface area contributed by atoms with Crippen LogP contribution in [0.15, 0.2) is 36.9 Å². The maximum atomic E-state index is 12.4. The number of rotatable bonds is 4. The molecule has 1 aromatic carbocycles. The fraction of sp³-hybridized carbons (Fsp3) is 0.375. The molecular formula is C16H20N2O3. The molecule has 1 aromatic rings.